The molecular formula is C24H23NO. The smallest absolute Gasteiger partial charge is 0.228 e. The van der Waals surface area contributed by atoms with Crippen molar-refractivity contribution in [2.75, 3.05) is 0 Å². The number of β-lactam (4-membered cyclic amide) rings is 1. The van der Waals surface area contributed by atoms with E-state index in [1.54, 1.807) is 0 Å². The zero-order valence-corrected chi connectivity index (χ0v) is 14.8. The van der Waals surface area contributed by atoms with E-state index < -0.39 is 0 Å². The maximum atomic E-state index is 12.9. The van der Waals surface area contributed by atoms with Gasteiger partial charge in [0.25, 0.3) is 0 Å². The first kappa shape index (κ1) is 16.6. The number of carbonyl (C=O) groups excluding carboxylic acids is 1. The molecule has 2 atom stereocenters. The molecular weight excluding hydrogens is 318 g/mol. The molecule has 26 heavy (non-hydrogen) atoms. The van der Waals surface area contributed by atoms with Crippen LogP contribution in [0.1, 0.15) is 29.2 Å². The molecule has 0 N–H and O–H groups in total. The van der Waals surface area contributed by atoms with Gasteiger partial charge in [0.1, 0.15) is 0 Å². The number of hydrogen-bond acceptors (Lipinski definition) is 1. The number of nitrogens with zero attached hydrogens (tertiary/aromatic N) is 1. The summed E-state index contributed by atoms with van der Waals surface area (Å²) in [5.41, 5.74) is 3.72. The highest BCUT2D eigenvalue weighted by atomic mass is 16.2. The molecule has 0 aliphatic carbocycles. The first-order chi connectivity index (χ1) is 12.8. The number of rotatable bonds is 6. The van der Waals surface area contributed by atoms with E-state index in [2.05, 4.69) is 60.7 Å². The summed E-state index contributed by atoms with van der Waals surface area (Å²) in [5.74, 6) is 0.347. The van der Waals surface area contributed by atoms with Crippen LogP contribution in [0, 0.1) is 5.92 Å². The fourth-order valence-corrected chi connectivity index (χ4v) is 3.89. The monoisotopic (exact) mass is 341 g/mol. The highest BCUT2D eigenvalue weighted by Crippen LogP contribution is 2.43. The molecule has 1 aliphatic heterocycles. The Bertz CT molecular complexity index is 845. The highest BCUT2D eigenvalue weighted by molar-refractivity contribution is 5.86. The van der Waals surface area contributed by atoms with Gasteiger partial charge >= 0.3 is 0 Å². The normalized spacial score (nSPS) is 19.2. The Kier molecular flexibility index (Phi) is 4.83. The fourth-order valence-electron chi connectivity index (χ4n) is 3.89. The molecule has 130 valence electrons. The first-order valence-electron chi connectivity index (χ1n) is 9.26. The lowest BCUT2D eigenvalue weighted by atomic mass is 9.78. The van der Waals surface area contributed by atoms with Crippen LogP contribution < -0.4 is 0 Å². The molecule has 0 unspecified atom stereocenters. The summed E-state index contributed by atoms with van der Waals surface area (Å²) in [6.45, 7) is 0.682. The molecule has 1 amide bonds. The quantitative estimate of drug-likeness (QED) is 0.577. The van der Waals surface area contributed by atoms with Gasteiger partial charge in [-0.2, -0.15) is 0 Å². The van der Waals surface area contributed by atoms with E-state index in [1.807, 2.05) is 35.2 Å². The molecule has 0 spiro atoms. The summed E-state index contributed by atoms with van der Waals surface area (Å²) in [6, 6.07) is 31.3. The number of amides is 1. The van der Waals surface area contributed by atoms with Gasteiger partial charge in [0, 0.05) is 6.54 Å². The van der Waals surface area contributed by atoms with Crippen LogP contribution in [0.2, 0.25) is 0 Å². The van der Waals surface area contributed by atoms with Gasteiger partial charge < -0.3 is 4.90 Å². The largest absolute Gasteiger partial charge is 0.330 e. The van der Waals surface area contributed by atoms with Gasteiger partial charge in [-0.05, 0) is 29.5 Å². The second-order valence-electron chi connectivity index (χ2n) is 6.94. The van der Waals surface area contributed by atoms with Gasteiger partial charge in [-0.15, -0.1) is 0 Å². The number of hydrogen-bond donors (Lipinski definition) is 0. The summed E-state index contributed by atoms with van der Waals surface area (Å²) < 4.78 is 0. The van der Waals surface area contributed by atoms with Crippen LogP contribution in [0.4, 0.5) is 0 Å². The number of benzene rings is 3. The van der Waals surface area contributed by atoms with Crippen molar-refractivity contribution in [1.82, 2.24) is 4.90 Å². The maximum absolute atomic E-state index is 12.9. The second kappa shape index (κ2) is 7.57. The van der Waals surface area contributed by atoms with Crippen LogP contribution in [-0.4, -0.2) is 10.8 Å². The van der Waals surface area contributed by atoms with E-state index in [4.69, 9.17) is 0 Å². The van der Waals surface area contributed by atoms with Crippen LogP contribution in [0.25, 0.3) is 0 Å². The van der Waals surface area contributed by atoms with E-state index in [9.17, 15) is 4.79 Å². The van der Waals surface area contributed by atoms with Crippen molar-refractivity contribution in [2.24, 2.45) is 5.92 Å². The predicted molar refractivity (Wildman–Crippen MR) is 104 cm³/mol. The van der Waals surface area contributed by atoms with Crippen molar-refractivity contribution in [3.8, 4) is 0 Å². The molecule has 0 saturated carbocycles. The summed E-state index contributed by atoms with van der Waals surface area (Å²) in [4.78, 5) is 14.9. The Morgan fingerprint density at radius 1 is 0.692 bits per heavy atom. The lowest BCUT2D eigenvalue weighted by molar-refractivity contribution is -0.158. The SMILES string of the molecule is O=C1[C@H](CCc2ccccc2)[C@@H](c2ccccc2)N1Cc1ccccc1. The standard InChI is InChI=1S/C24H23NO/c26-24-22(17-16-19-10-4-1-5-11-19)23(21-14-8-3-9-15-21)25(24)18-20-12-6-2-7-13-20/h1-15,22-23H,16-18H2/t22-,23-/m1/s1. The van der Waals surface area contributed by atoms with E-state index >= 15 is 0 Å². The van der Waals surface area contributed by atoms with Crippen LogP contribution in [0.15, 0.2) is 91.0 Å². The predicted octanol–water partition coefficient (Wildman–Crippen LogP) is 5.02. The third-order valence-electron chi connectivity index (χ3n) is 5.24. The zero-order valence-electron chi connectivity index (χ0n) is 14.8. The average molecular weight is 341 g/mol. The fraction of sp³-hybridized carbons (Fsp3) is 0.208. The molecule has 1 fully saturated rings. The third-order valence-corrected chi connectivity index (χ3v) is 5.24. The molecule has 2 heteroatoms. The second-order valence-corrected chi connectivity index (χ2v) is 6.94. The number of carbonyl (C=O) groups is 1. The topological polar surface area (TPSA) is 20.3 Å². The van der Waals surface area contributed by atoms with Crippen molar-refractivity contribution in [1.29, 1.82) is 0 Å². The van der Waals surface area contributed by atoms with E-state index in [0.29, 0.717) is 6.54 Å². The van der Waals surface area contributed by atoms with Crippen molar-refractivity contribution in [2.45, 2.75) is 25.4 Å². The summed E-state index contributed by atoms with van der Waals surface area (Å²) in [7, 11) is 0. The lowest BCUT2D eigenvalue weighted by Crippen LogP contribution is -2.54. The van der Waals surface area contributed by atoms with Gasteiger partial charge in [0.05, 0.1) is 12.0 Å². The zero-order chi connectivity index (χ0) is 17.8. The Balaban J connectivity index is 1.53. The maximum Gasteiger partial charge on any atom is 0.228 e. The molecule has 3 aromatic rings. The van der Waals surface area contributed by atoms with Gasteiger partial charge in [0.2, 0.25) is 5.91 Å². The van der Waals surface area contributed by atoms with Crippen molar-refractivity contribution in [3.63, 3.8) is 0 Å². The van der Waals surface area contributed by atoms with Crippen molar-refractivity contribution in [3.05, 3.63) is 108 Å². The van der Waals surface area contributed by atoms with Crippen molar-refractivity contribution >= 4 is 5.91 Å². The van der Waals surface area contributed by atoms with Crippen LogP contribution in [0.3, 0.4) is 0 Å². The number of aryl methyl sites for hydroxylation is 1. The van der Waals surface area contributed by atoms with Gasteiger partial charge in [-0.1, -0.05) is 91.0 Å². The molecule has 0 bridgehead atoms. The Morgan fingerprint density at radius 2 is 1.23 bits per heavy atom. The summed E-state index contributed by atoms with van der Waals surface area (Å²) in [5, 5.41) is 0. The van der Waals surface area contributed by atoms with Crippen LogP contribution in [0.5, 0.6) is 0 Å². The molecule has 1 aliphatic rings. The Labute approximate surface area is 155 Å². The minimum absolute atomic E-state index is 0.0707. The van der Waals surface area contributed by atoms with E-state index in [1.165, 1.54) is 16.7 Å². The van der Waals surface area contributed by atoms with Gasteiger partial charge in [0.15, 0.2) is 0 Å². The summed E-state index contributed by atoms with van der Waals surface area (Å²) in [6.07, 6.45) is 1.84. The lowest BCUT2D eigenvalue weighted by Gasteiger charge is -2.48. The van der Waals surface area contributed by atoms with Gasteiger partial charge in [-0.25, -0.2) is 0 Å². The molecule has 1 heterocycles. The first-order valence-corrected chi connectivity index (χ1v) is 9.26. The van der Waals surface area contributed by atoms with E-state index in [0.717, 1.165) is 12.8 Å². The van der Waals surface area contributed by atoms with Gasteiger partial charge in [-0.3, -0.25) is 4.79 Å². The Morgan fingerprint density at radius 3 is 1.85 bits per heavy atom. The molecule has 0 aromatic heterocycles. The molecule has 1 saturated heterocycles. The van der Waals surface area contributed by atoms with E-state index in [-0.39, 0.29) is 17.9 Å². The molecule has 3 aromatic carbocycles. The highest BCUT2D eigenvalue weighted by Gasteiger charge is 2.47. The molecule has 2 nitrogen and oxygen atoms in total. The summed E-state index contributed by atoms with van der Waals surface area (Å²) >= 11 is 0. The molecule has 4 rings (SSSR count). The minimum atomic E-state index is 0.0707. The van der Waals surface area contributed by atoms with Crippen LogP contribution in [-0.2, 0) is 17.8 Å². The minimum Gasteiger partial charge on any atom is -0.330 e. The van der Waals surface area contributed by atoms with Crippen LogP contribution >= 0.6 is 0 Å². The Hall–Kier alpha value is -2.87. The molecule has 0 radical (unpaired) electrons. The van der Waals surface area contributed by atoms with Crippen molar-refractivity contribution < 1.29 is 4.79 Å². The average Bonchev–Trinajstić information content (AvgIpc) is 2.71. The third kappa shape index (κ3) is 3.41. The number of likely N-dealkylation sites (tertiary alicyclic amines) is 1.